The van der Waals surface area contributed by atoms with E-state index < -0.39 is 41.6 Å². The standard InChI is InChI=1S/C20H18ClF2N3O3/c1-20(15-9-14(22)6-7-16(15)23)18(28)26(19(29)24-20)11-17(27)25(2)10-12-4-3-5-13(21)8-12/h3-9H,10-11H2,1-2H3,(H,24,29). The first-order valence-electron chi connectivity index (χ1n) is 8.70. The van der Waals surface area contributed by atoms with Crippen LogP contribution in [0.4, 0.5) is 13.6 Å². The van der Waals surface area contributed by atoms with E-state index in [-0.39, 0.29) is 12.1 Å². The van der Waals surface area contributed by atoms with Gasteiger partial charge in [-0.25, -0.2) is 13.6 Å². The number of imide groups is 1. The molecule has 0 radical (unpaired) electrons. The van der Waals surface area contributed by atoms with E-state index in [2.05, 4.69) is 5.32 Å². The molecule has 1 fully saturated rings. The average Bonchev–Trinajstić information content (AvgIpc) is 2.87. The van der Waals surface area contributed by atoms with Gasteiger partial charge in [0.2, 0.25) is 5.91 Å². The van der Waals surface area contributed by atoms with Crippen LogP contribution in [-0.2, 0) is 21.7 Å². The first kappa shape index (κ1) is 20.7. The van der Waals surface area contributed by atoms with Gasteiger partial charge < -0.3 is 10.2 Å². The monoisotopic (exact) mass is 421 g/mol. The molecule has 2 aromatic carbocycles. The molecular formula is C20H18ClF2N3O3. The highest BCUT2D eigenvalue weighted by atomic mass is 35.5. The van der Waals surface area contributed by atoms with Crippen LogP contribution >= 0.6 is 11.6 Å². The number of hydrogen-bond acceptors (Lipinski definition) is 3. The van der Waals surface area contributed by atoms with Gasteiger partial charge in [0.25, 0.3) is 5.91 Å². The summed E-state index contributed by atoms with van der Waals surface area (Å²) in [7, 11) is 1.52. The van der Waals surface area contributed by atoms with Crippen molar-refractivity contribution in [2.75, 3.05) is 13.6 Å². The van der Waals surface area contributed by atoms with Gasteiger partial charge in [-0.1, -0.05) is 23.7 Å². The molecule has 29 heavy (non-hydrogen) atoms. The minimum absolute atomic E-state index is 0.221. The molecule has 0 spiro atoms. The van der Waals surface area contributed by atoms with Crippen molar-refractivity contribution in [3.8, 4) is 0 Å². The SMILES string of the molecule is CN(Cc1cccc(Cl)c1)C(=O)CN1C(=O)NC(C)(c2cc(F)ccc2F)C1=O. The quantitative estimate of drug-likeness (QED) is 0.754. The third-order valence-electron chi connectivity index (χ3n) is 4.77. The number of rotatable bonds is 5. The van der Waals surface area contributed by atoms with Gasteiger partial charge in [-0.2, -0.15) is 0 Å². The molecule has 9 heteroatoms. The van der Waals surface area contributed by atoms with Crippen molar-refractivity contribution >= 4 is 29.4 Å². The van der Waals surface area contributed by atoms with Gasteiger partial charge in [0, 0.05) is 24.2 Å². The highest BCUT2D eigenvalue weighted by Gasteiger charge is 2.51. The number of likely N-dealkylation sites (N-methyl/N-ethyl adjacent to an activating group) is 1. The fourth-order valence-corrected chi connectivity index (χ4v) is 3.37. The molecule has 6 nitrogen and oxygen atoms in total. The second kappa shape index (κ2) is 7.79. The Morgan fingerprint density at radius 1 is 1.21 bits per heavy atom. The molecule has 1 unspecified atom stereocenters. The summed E-state index contributed by atoms with van der Waals surface area (Å²) >= 11 is 5.93. The van der Waals surface area contributed by atoms with Gasteiger partial charge in [0.1, 0.15) is 23.7 Å². The fraction of sp³-hybridized carbons (Fsp3) is 0.250. The van der Waals surface area contributed by atoms with Crippen LogP contribution in [0.5, 0.6) is 0 Å². The lowest BCUT2D eigenvalue weighted by Gasteiger charge is -2.23. The number of nitrogens with one attached hydrogen (secondary N) is 1. The molecular weight excluding hydrogens is 404 g/mol. The largest absolute Gasteiger partial charge is 0.340 e. The normalized spacial score (nSPS) is 18.7. The van der Waals surface area contributed by atoms with Crippen molar-refractivity contribution < 1.29 is 23.2 Å². The van der Waals surface area contributed by atoms with Gasteiger partial charge in [0.05, 0.1) is 0 Å². The predicted molar refractivity (Wildman–Crippen MR) is 102 cm³/mol. The highest BCUT2D eigenvalue weighted by molar-refractivity contribution is 6.30. The van der Waals surface area contributed by atoms with Gasteiger partial charge >= 0.3 is 6.03 Å². The van der Waals surface area contributed by atoms with E-state index in [0.717, 1.165) is 23.8 Å². The third kappa shape index (κ3) is 4.07. The lowest BCUT2D eigenvalue weighted by Crippen LogP contribution is -2.44. The van der Waals surface area contributed by atoms with Crippen LogP contribution in [0.2, 0.25) is 5.02 Å². The number of amides is 4. The smallest absolute Gasteiger partial charge is 0.325 e. The number of carbonyl (C=O) groups excluding carboxylic acids is 3. The number of nitrogens with zero attached hydrogens (tertiary/aromatic N) is 2. The number of hydrogen-bond donors (Lipinski definition) is 1. The number of urea groups is 1. The molecule has 1 aliphatic rings. The van der Waals surface area contributed by atoms with E-state index >= 15 is 0 Å². The van der Waals surface area contributed by atoms with E-state index in [1.165, 1.54) is 18.9 Å². The zero-order chi connectivity index (χ0) is 21.3. The number of carbonyl (C=O) groups is 3. The lowest BCUT2D eigenvalue weighted by molar-refractivity contribution is -0.138. The van der Waals surface area contributed by atoms with Gasteiger partial charge in [0.15, 0.2) is 0 Å². The van der Waals surface area contributed by atoms with Gasteiger partial charge in [-0.15, -0.1) is 0 Å². The van der Waals surface area contributed by atoms with Crippen molar-refractivity contribution in [2.24, 2.45) is 0 Å². The maximum Gasteiger partial charge on any atom is 0.325 e. The van der Waals surface area contributed by atoms with Crippen LogP contribution < -0.4 is 5.32 Å². The maximum atomic E-state index is 14.2. The highest BCUT2D eigenvalue weighted by Crippen LogP contribution is 2.31. The minimum atomic E-state index is -1.81. The van der Waals surface area contributed by atoms with Crippen molar-refractivity contribution in [1.82, 2.24) is 15.1 Å². The van der Waals surface area contributed by atoms with E-state index in [4.69, 9.17) is 11.6 Å². The summed E-state index contributed by atoms with van der Waals surface area (Å²) < 4.78 is 27.8. The van der Waals surface area contributed by atoms with E-state index in [0.29, 0.717) is 9.92 Å². The van der Waals surface area contributed by atoms with Gasteiger partial charge in [-0.05, 0) is 42.8 Å². The molecule has 0 bridgehead atoms. The van der Waals surface area contributed by atoms with Crippen LogP contribution in [0, 0.1) is 11.6 Å². The van der Waals surface area contributed by atoms with Crippen LogP contribution in [-0.4, -0.2) is 41.2 Å². The van der Waals surface area contributed by atoms with Crippen molar-refractivity contribution in [3.05, 3.63) is 70.2 Å². The molecule has 1 aliphatic heterocycles. The van der Waals surface area contributed by atoms with E-state index in [1.54, 1.807) is 24.3 Å². The molecule has 0 aromatic heterocycles. The van der Waals surface area contributed by atoms with Gasteiger partial charge in [-0.3, -0.25) is 14.5 Å². The Labute approximate surface area is 171 Å². The second-order valence-electron chi connectivity index (χ2n) is 6.95. The summed E-state index contributed by atoms with van der Waals surface area (Å²) in [5, 5.41) is 2.88. The summed E-state index contributed by atoms with van der Waals surface area (Å²) in [5.41, 5.74) is -1.34. The maximum absolute atomic E-state index is 14.2. The van der Waals surface area contributed by atoms with Crippen molar-refractivity contribution in [2.45, 2.75) is 19.0 Å². The van der Waals surface area contributed by atoms with Crippen LogP contribution in [0.25, 0.3) is 0 Å². The number of halogens is 3. The lowest BCUT2D eigenvalue weighted by atomic mass is 9.91. The Morgan fingerprint density at radius 3 is 2.62 bits per heavy atom. The molecule has 1 atom stereocenters. The minimum Gasteiger partial charge on any atom is -0.340 e. The summed E-state index contributed by atoms with van der Waals surface area (Å²) in [5.74, 6) is -2.93. The molecule has 1 heterocycles. The summed E-state index contributed by atoms with van der Waals surface area (Å²) in [6, 6.07) is 8.71. The Morgan fingerprint density at radius 2 is 1.93 bits per heavy atom. The third-order valence-corrected chi connectivity index (χ3v) is 5.01. The summed E-state index contributed by atoms with van der Waals surface area (Å²) in [6.07, 6.45) is 0. The topological polar surface area (TPSA) is 69.7 Å². The van der Waals surface area contributed by atoms with Crippen LogP contribution in [0.1, 0.15) is 18.1 Å². The molecule has 0 aliphatic carbocycles. The van der Waals surface area contributed by atoms with E-state index in [9.17, 15) is 23.2 Å². The second-order valence-corrected chi connectivity index (χ2v) is 7.39. The Kier molecular flexibility index (Phi) is 5.57. The Hall–Kier alpha value is -3.00. The van der Waals surface area contributed by atoms with Crippen molar-refractivity contribution in [1.29, 1.82) is 0 Å². The summed E-state index contributed by atoms with van der Waals surface area (Å²) in [4.78, 5) is 39.7. The Bertz CT molecular complexity index is 1000. The fourth-order valence-electron chi connectivity index (χ4n) is 3.16. The number of benzene rings is 2. The van der Waals surface area contributed by atoms with Crippen molar-refractivity contribution in [3.63, 3.8) is 0 Å². The predicted octanol–water partition coefficient (Wildman–Crippen LogP) is 3.04. The first-order chi connectivity index (χ1) is 13.6. The molecule has 152 valence electrons. The first-order valence-corrected chi connectivity index (χ1v) is 9.07. The molecule has 3 rings (SSSR count). The Balaban J connectivity index is 1.76. The summed E-state index contributed by atoms with van der Waals surface area (Å²) in [6.45, 7) is 0.957. The molecule has 0 saturated carbocycles. The molecule has 4 amide bonds. The van der Waals surface area contributed by atoms with Crippen LogP contribution in [0.3, 0.4) is 0 Å². The average molecular weight is 422 g/mol. The molecule has 1 saturated heterocycles. The van der Waals surface area contributed by atoms with Crippen LogP contribution in [0.15, 0.2) is 42.5 Å². The zero-order valence-electron chi connectivity index (χ0n) is 15.7. The van der Waals surface area contributed by atoms with E-state index in [1.807, 2.05) is 0 Å². The molecule has 2 aromatic rings. The zero-order valence-corrected chi connectivity index (χ0v) is 16.5. The molecule has 1 N–H and O–H groups in total.